The first-order valence-electron chi connectivity index (χ1n) is 7.57. The van der Waals surface area contributed by atoms with Crippen molar-refractivity contribution in [2.24, 2.45) is 5.73 Å². The highest BCUT2D eigenvalue weighted by molar-refractivity contribution is 7.09. The molecule has 7 heteroatoms. The Balaban J connectivity index is 1.66. The summed E-state index contributed by atoms with van der Waals surface area (Å²) in [6.07, 6.45) is 4.80. The lowest BCUT2D eigenvalue weighted by Crippen LogP contribution is -2.13. The fraction of sp³-hybridized carbons (Fsp3) is 0.375. The minimum Gasteiger partial charge on any atom is -0.489 e. The lowest BCUT2D eigenvalue weighted by molar-refractivity contribution is 0.102. The molecule has 0 radical (unpaired) electrons. The van der Waals surface area contributed by atoms with E-state index in [4.69, 9.17) is 22.1 Å². The minimum absolute atomic E-state index is 0.248. The zero-order valence-electron chi connectivity index (χ0n) is 12.5. The molecule has 3 N–H and O–H groups in total. The number of rotatable bonds is 5. The summed E-state index contributed by atoms with van der Waals surface area (Å²) >= 11 is 7.63. The number of hydrogen-bond donors (Lipinski definition) is 2. The van der Waals surface area contributed by atoms with E-state index < -0.39 is 0 Å². The molecule has 0 atom stereocenters. The van der Waals surface area contributed by atoms with Crippen molar-refractivity contribution in [1.29, 1.82) is 0 Å². The molecule has 1 heterocycles. The number of carbonyl (C=O) groups is 1. The molecule has 0 saturated heterocycles. The Morgan fingerprint density at radius 3 is 2.87 bits per heavy atom. The maximum atomic E-state index is 12.1. The highest BCUT2D eigenvalue weighted by Gasteiger charge is 2.18. The summed E-state index contributed by atoms with van der Waals surface area (Å²) in [6, 6.07) is 5.27. The van der Waals surface area contributed by atoms with Crippen molar-refractivity contribution in [2.75, 3.05) is 5.32 Å². The maximum Gasteiger partial charge on any atom is 0.275 e. The van der Waals surface area contributed by atoms with Crippen LogP contribution >= 0.6 is 22.9 Å². The molecule has 2 aromatic rings. The Morgan fingerprint density at radius 1 is 1.43 bits per heavy atom. The molecule has 122 valence electrons. The van der Waals surface area contributed by atoms with Gasteiger partial charge in [0.25, 0.3) is 5.91 Å². The van der Waals surface area contributed by atoms with Crippen LogP contribution in [0, 0.1) is 0 Å². The van der Waals surface area contributed by atoms with E-state index >= 15 is 0 Å². The van der Waals surface area contributed by atoms with Crippen LogP contribution < -0.4 is 15.8 Å². The topological polar surface area (TPSA) is 77.2 Å². The van der Waals surface area contributed by atoms with Gasteiger partial charge in [-0.3, -0.25) is 4.79 Å². The van der Waals surface area contributed by atoms with Gasteiger partial charge in [0, 0.05) is 17.6 Å². The zero-order chi connectivity index (χ0) is 16.2. The number of carbonyl (C=O) groups excluding carboxylic acids is 1. The van der Waals surface area contributed by atoms with E-state index in [1.165, 1.54) is 24.2 Å². The standard InChI is InChI=1S/C16H18ClN3O2S/c17-12-7-10(5-6-14(12)22-11-3-1-2-4-11)19-16(21)13-9-23-15(8-18)20-13/h5-7,9,11H,1-4,8,18H2,(H,19,21). The Kier molecular flexibility index (Phi) is 5.15. The summed E-state index contributed by atoms with van der Waals surface area (Å²) in [4.78, 5) is 16.3. The average Bonchev–Trinajstić information content (AvgIpc) is 3.21. The Bertz CT molecular complexity index is 698. The van der Waals surface area contributed by atoms with Gasteiger partial charge >= 0.3 is 0 Å². The number of thiazole rings is 1. The number of amides is 1. The predicted octanol–water partition coefficient (Wildman–Crippen LogP) is 3.83. The third kappa shape index (κ3) is 4.02. The first-order chi connectivity index (χ1) is 11.2. The van der Waals surface area contributed by atoms with Crippen LogP contribution in [-0.2, 0) is 6.54 Å². The Morgan fingerprint density at radius 2 is 2.22 bits per heavy atom. The lowest BCUT2D eigenvalue weighted by atomic mass is 10.2. The molecule has 1 fully saturated rings. The molecule has 1 aromatic heterocycles. The van der Waals surface area contributed by atoms with Gasteiger partial charge in [-0.1, -0.05) is 11.6 Å². The normalized spacial score (nSPS) is 14.9. The molecule has 0 spiro atoms. The number of hydrogen-bond acceptors (Lipinski definition) is 5. The number of halogens is 1. The average molecular weight is 352 g/mol. The second-order valence-electron chi connectivity index (χ2n) is 5.45. The van der Waals surface area contributed by atoms with Crippen LogP contribution in [0.5, 0.6) is 5.75 Å². The van der Waals surface area contributed by atoms with Crippen molar-refractivity contribution in [3.8, 4) is 5.75 Å². The van der Waals surface area contributed by atoms with Gasteiger partial charge in [-0.25, -0.2) is 4.98 Å². The zero-order valence-corrected chi connectivity index (χ0v) is 14.1. The monoisotopic (exact) mass is 351 g/mol. The van der Waals surface area contributed by atoms with Crippen LogP contribution in [0.4, 0.5) is 5.69 Å². The number of nitrogens with one attached hydrogen (secondary N) is 1. The molecule has 1 aromatic carbocycles. The molecule has 0 bridgehead atoms. The highest BCUT2D eigenvalue weighted by Crippen LogP contribution is 2.31. The Labute approximate surface area is 143 Å². The number of anilines is 1. The molecule has 23 heavy (non-hydrogen) atoms. The first-order valence-corrected chi connectivity index (χ1v) is 8.83. The number of nitrogens with two attached hydrogens (primary N) is 1. The number of nitrogens with zero attached hydrogens (tertiary/aromatic N) is 1. The van der Waals surface area contributed by atoms with Crippen LogP contribution in [0.1, 0.15) is 41.2 Å². The van der Waals surface area contributed by atoms with Crippen molar-refractivity contribution >= 4 is 34.5 Å². The van der Waals surface area contributed by atoms with Crippen LogP contribution in [0.15, 0.2) is 23.6 Å². The lowest BCUT2D eigenvalue weighted by Gasteiger charge is -2.15. The van der Waals surface area contributed by atoms with E-state index in [2.05, 4.69) is 10.3 Å². The molecule has 0 aliphatic heterocycles. The predicted molar refractivity (Wildman–Crippen MR) is 92.3 cm³/mol. The first kappa shape index (κ1) is 16.2. The van der Waals surface area contributed by atoms with Gasteiger partial charge in [0.05, 0.1) is 11.1 Å². The fourth-order valence-electron chi connectivity index (χ4n) is 2.56. The summed E-state index contributed by atoms with van der Waals surface area (Å²) in [7, 11) is 0. The quantitative estimate of drug-likeness (QED) is 0.858. The van der Waals surface area contributed by atoms with Crippen molar-refractivity contribution in [2.45, 2.75) is 38.3 Å². The van der Waals surface area contributed by atoms with E-state index in [0.717, 1.165) is 17.8 Å². The summed E-state index contributed by atoms with van der Waals surface area (Å²) in [6.45, 7) is 0.330. The van der Waals surface area contributed by atoms with Gasteiger partial charge in [0.15, 0.2) is 0 Å². The summed E-state index contributed by atoms with van der Waals surface area (Å²) in [5.74, 6) is 0.386. The van der Waals surface area contributed by atoms with Crippen LogP contribution in [0.3, 0.4) is 0 Å². The van der Waals surface area contributed by atoms with Crippen molar-refractivity contribution < 1.29 is 9.53 Å². The molecule has 1 amide bonds. The third-order valence-corrected chi connectivity index (χ3v) is 4.91. The fourth-order valence-corrected chi connectivity index (χ4v) is 3.44. The molecular weight excluding hydrogens is 334 g/mol. The van der Waals surface area contributed by atoms with Gasteiger partial charge in [0.2, 0.25) is 0 Å². The van der Waals surface area contributed by atoms with Crippen molar-refractivity contribution in [3.63, 3.8) is 0 Å². The molecule has 1 saturated carbocycles. The second kappa shape index (κ2) is 7.29. The number of benzene rings is 1. The van der Waals surface area contributed by atoms with Crippen LogP contribution in [0.2, 0.25) is 5.02 Å². The van der Waals surface area contributed by atoms with E-state index in [9.17, 15) is 4.79 Å². The summed E-state index contributed by atoms with van der Waals surface area (Å²) < 4.78 is 5.90. The van der Waals surface area contributed by atoms with E-state index in [0.29, 0.717) is 28.7 Å². The van der Waals surface area contributed by atoms with E-state index in [1.807, 2.05) is 0 Å². The summed E-state index contributed by atoms with van der Waals surface area (Å²) in [5.41, 5.74) is 6.48. The van der Waals surface area contributed by atoms with Gasteiger partial charge in [-0.05, 0) is 43.9 Å². The van der Waals surface area contributed by atoms with Gasteiger partial charge in [-0.2, -0.15) is 0 Å². The SMILES string of the molecule is NCc1nc(C(=O)Nc2ccc(OC3CCCC3)c(Cl)c2)cs1. The van der Waals surface area contributed by atoms with Crippen LogP contribution in [0.25, 0.3) is 0 Å². The minimum atomic E-state index is -0.276. The second-order valence-corrected chi connectivity index (χ2v) is 6.80. The van der Waals surface area contributed by atoms with Gasteiger partial charge in [0.1, 0.15) is 16.5 Å². The number of aromatic nitrogens is 1. The van der Waals surface area contributed by atoms with Gasteiger partial charge in [-0.15, -0.1) is 11.3 Å². The van der Waals surface area contributed by atoms with Crippen molar-refractivity contribution in [1.82, 2.24) is 4.98 Å². The molecule has 0 unspecified atom stereocenters. The smallest absolute Gasteiger partial charge is 0.275 e. The largest absolute Gasteiger partial charge is 0.489 e. The van der Waals surface area contributed by atoms with Crippen molar-refractivity contribution in [3.05, 3.63) is 39.3 Å². The van der Waals surface area contributed by atoms with E-state index in [-0.39, 0.29) is 12.0 Å². The highest BCUT2D eigenvalue weighted by atomic mass is 35.5. The molecule has 5 nitrogen and oxygen atoms in total. The molecule has 1 aliphatic rings. The maximum absolute atomic E-state index is 12.1. The van der Waals surface area contributed by atoms with E-state index in [1.54, 1.807) is 23.6 Å². The Hall–Kier alpha value is -1.63. The summed E-state index contributed by atoms with van der Waals surface area (Å²) in [5, 5.41) is 5.70. The van der Waals surface area contributed by atoms with Crippen LogP contribution in [-0.4, -0.2) is 17.0 Å². The van der Waals surface area contributed by atoms with Gasteiger partial charge < -0.3 is 15.8 Å². The third-order valence-electron chi connectivity index (χ3n) is 3.74. The molecular formula is C16H18ClN3O2S. The number of ether oxygens (including phenoxy) is 1. The molecule has 1 aliphatic carbocycles. The molecule has 3 rings (SSSR count).